The van der Waals surface area contributed by atoms with Gasteiger partial charge >= 0.3 is 0 Å². The van der Waals surface area contributed by atoms with E-state index in [4.69, 9.17) is 4.43 Å². The van der Waals surface area contributed by atoms with E-state index in [-0.39, 0.29) is 22.7 Å². The minimum atomic E-state index is -2.59. The normalized spacial score (nSPS) is 19.3. The first-order valence-corrected chi connectivity index (χ1v) is 15.6. The van der Waals surface area contributed by atoms with Gasteiger partial charge in [0.1, 0.15) is 5.71 Å². The third kappa shape index (κ3) is 6.06. The van der Waals surface area contributed by atoms with Crippen molar-refractivity contribution in [2.45, 2.75) is 51.5 Å². The lowest BCUT2D eigenvalue weighted by atomic mass is 9.74. The molecular weight excluding hydrogens is 484 g/mol. The zero-order chi connectivity index (χ0) is 27.0. The minimum absolute atomic E-state index is 0.0679. The number of carbonyl (C=O) groups excluding carboxylic acids is 1. The van der Waals surface area contributed by atoms with E-state index in [2.05, 4.69) is 98.5 Å². The molecule has 198 valence electrons. The number of hydrogen-bond acceptors (Lipinski definition) is 4. The van der Waals surface area contributed by atoms with Gasteiger partial charge in [0.25, 0.3) is 8.32 Å². The molecule has 1 aliphatic rings. The molecular formula is C33H40N2O2Si. The van der Waals surface area contributed by atoms with Gasteiger partial charge < -0.3 is 4.43 Å². The highest BCUT2D eigenvalue weighted by atomic mass is 28.4. The van der Waals surface area contributed by atoms with E-state index < -0.39 is 8.32 Å². The van der Waals surface area contributed by atoms with Gasteiger partial charge in [-0.25, -0.2) is 0 Å². The summed E-state index contributed by atoms with van der Waals surface area (Å²) in [5.41, 5.74) is 4.57. The zero-order valence-electron chi connectivity index (χ0n) is 22.9. The van der Waals surface area contributed by atoms with Crippen molar-refractivity contribution < 1.29 is 9.22 Å². The third-order valence-electron chi connectivity index (χ3n) is 7.68. The van der Waals surface area contributed by atoms with Gasteiger partial charge in [0.15, 0.2) is 5.78 Å². The second-order valence-corrected chi connectivity index (χ2v) is 15.4. The monoisotopic (exact) mass is 524 g/mol. The molecule has 38 heavy (non-hydrogen) atoms. The molecule has 1 saturated carbocycles. The highest BCUT2D eigenvalue weighted by Crippen LogP contribution is 2.38. The van der Waals surface area contributed by atoms with E-state index in [1.165, 1.54) is 10.4 Å². The first-order chi connectivity index (χ1) is 18.4. The van der Waals surface area contributed by atoms with E-state index in [0.29, 0.717) is 25.2 Å². The predicted molar refractivity (Wildman–Crippen MR) is 162 cm³/mol. The fourth-order valence-corrected chi connectivity index (χ4v) is 10.4. The van der Waals surface area contributed by atoms with Crippen LogP contribution in [0.4, 0.5) is 5.69 Å². The average molecular weight is 525 g/mol. The van der Waals surface area contributed by atoms with E-state index in [9.17, 15) is 4.79 Å². The van der Waals surface area contributed by atoms with Crippen molar-refractivity contribution >= 4 is 35.9 Å². The fraction of sp³-hybridized carbons (Fsp3) is 0.333. The van der Waals surface area contributed by atoms with Crippen LogP contribution >= 0.6 is 0 Å². The Kier molecular flexibility index (Phi) is 9.13. The van der Waals surface area contributed by atoms with Gasteiger partial charge in [-0.15, -0.1) is 6.58 Å². The molecule has 3 aromatic rings. The number of anilines is 1. The molecule has 0 aromatic heterocycles. The number of ketones is 1. The number of rotatable bonds is 10. The predicted octanol–water partition coefficient (Wildman–Crippen LogP) is 6.59. The number of Topliss-reactive ketones (excluding diaryl/α,β-unsaturated/α-hetero) is 1. The molecule has 5 heteroatoms. The largest absolute Gasteiger partial charge is 0.407 e. The first kappa shape index (κ1) is 27.7. The van der Waals surface area contributed by atoms with Crippen molar-refractivity contribution in [3.05, 3.63) is 104 Å². The lowest BCUT2D eigenvalue weighted by molar-refractivity contribution is -0.119. The fourth-order valence-electron chi connectivity index (χ4n) is 5.78. The smallest absolute Gasteiger partial charge is 0.261 e. The SMILES string of the molecule is C=CC[C@@H]1C(=O)/C(=N/Nc2ccccc2)CC[C@H]1CCO[Si](c1ccccc1)(c1ccccc1)C(C)(C)C. The van der Waals surface area contributed by atoms with Crippen LogP contribution in [-0.2, 0) is 9.22 Å². The van der Waals surface area contributed by atoms with Crippen molar-refractivity contribution in [2.24, 2.45) is 16.9 Å². The Hall–Kier alpha value is -3.28. The Balaban J connectivity index is 1.53. The second kappa shape index (κ2) is 12.5. The molecule has 3 aromatic carbocycles. The molecule has 1 N–H and O–H groups in total. The van der Waals surface area contributed by atoms with Crippen LogP contribution < -0.4 is 15.8 Å². The van der Waals surface area contributed by atoms with Crippen LogP contribution in [0.3, 0.4) is 0 Å². The molecule has 4 rings (SSSR count). The van der Waals surface area contributed by atoms with Crippen LogP contribution in [0.25, 0.3) is 0 Å². The van der Waals surface area contributed by atoms with E-state index >= 15 is 0 Å². The molecule has 0 unspecified atom stereocenters. The van der Waals surface area contributed by atoms with Crippen molar-refractivity contribution in [3.63, 3.8) is 0 Å². The van der Waals surface area contributed by atoms with Crippen LogP contribution in [0.15, 0.2) is 109 Å². The summed E-state index contributed by atoms with van der Waals surface area (Å²) in [4.78, 5) is 13.5. The molecule has 0 radical (unpaired) electrons. The molecule has 0 spiro atoms. The number of hydrogen-bond donors (Lipinski definition) is 1. The standard InChI is InChI=1S/C33H40N2O2Si/c1-5-15-30-26(22-23-31(32(30)36)35-34-27-16-9-6-10-17-27)24-25-37-38(33(2,3)4,28-18-11-7-12-19-28)29-20-13-8-14-21-29/h5-14,16-21,26,30,34H,1,15,22-25H2,2-4H3/b35-31+/t26-,30-/m0/s1. The van der Waals surface area contributed by atoms with Crippen molar-refractivity contribution in [2.75, 3.05) is 12.0 Å². The number of nitrogens with one attached hydrogen (secondary N) is 1. The van der Waals surface area contributed by atoms with Crippen LogP contribution in [0, 0.1) is 11.8 Å². The summed E-state index contributed by atoms with van der Waals surface area (Å²) in [6, 6.07) is 31.2. The Morgan fingerprint density at radius 1 is 0.947 bits per heavy atom. The Bertz CT molecular complexity index is 1180. The number of carbonyl (C=O) groups is 1. The number of nitrogens with zero attached hydrogens (tertiary/aromatic N) is 1. The van der Waals surface area contributed by atoms with Gasteiger partial charge in [-0.05, 0) is 59.1 Å². The van der Waals surface area contributed by atoms with Gasteiger partial charge in [-0.3, -0.25) is 10.2 Å². The maximum absolute atomic E-state index is 13.5. The molecule has 0 aliphatic heterocycles. The van der Waals surface area contributed by atoms with E-state index in [1.54, 1.807) is 0 Å². The van der Waals surface area contributed by atoms with Gasteiger partial charge in [0, 0.05) is 12.5 Å². The summed E-state index contributed by atoms with van der Waals surface area (Å²) in [7, 11) is -2.59. The van der Waals surface area contributed by atoms with Gasteiger partial charge in [-0.1, -0.05) is 106 Å². The van der Waals surface area contributed by atoms with Gasteiger partial charge in [-0.2, -0.15) is 5.10 Å². The summed E-state index contributed by atoms with van der Waals surface area (Å²) in [6.45, 7) is 11.5. The Morgan fingerprint density at radius 3 is 2.03 bits per heavy atom. The minimum Gasteiger partial charge on any atom is -0.407 e. The Labute approximate surface area is 229 Å². The topological polar surface area (TPSA) is 50.7 Å². The summed E-state index contributed by atoms with van der Waals surface area (Å²) in [5.74, 6) is 0.268. The molecule has 0 amide bonds. The average Bonchev–Trinajstić information content (AvgIpc) is 2.93. The molecule has 4 nitrogen and oxygen atoms in total. The summed E-state index contributed by atoms with van der Waals surface area (Å²) in [6.07, 6.45) is 4.97. The number of allylic oxidation sites excluding steroid dienone is 1. The second-order valence-electron chi connectivity index (χ2n) is 11.1. The maximum atomic E-state index is 13.5. The van der Waals surface area contributed by atoms with Crippen LogP contribution in [0.5, 0.6) is 0 Å². The first-order valence-electron chi connectivity index (χ1n) is 13.6. The molecule has 0 heterocycles. The molecule has 0 bridgehead atoms. The molecule has 1 fully saturated rings. The summed E-state index contributed by atoms with van der Waals surface area (Å²) >= 11 is 0. The van der Waals surface area contributed by atoms with Crippen molar-refractivity contribution in [1.82, 2.24) is 0 Å². The van der Waals surface area contributed by atoms with Crippen LogP contribution in [-0.4, -0.2) is 26.4 Å². The highest BCUT2D eigenvalue weighted by molar-refractivity contribution is 6.99. The Morgan fingerprint density at radius 2 is 1.50 bits per heavy atom. The van der Waals surface area contributed by atoms with Gasteiger partial charge in [0.05, 0.1) is 5.69 Å². The molecule has 0 saturated heterocycles. The maximum Gasteiger partial charge on any atom is 0.261 e. The third-order valence-corrected chi connectivity index (χ3v) is 12.7. The number of para-hydroxylation sites is 1. The van der Waals surface area contributed by atoms with E-state index in [1.807, 2.05) is 36.4 Å². The van der Waals surface area contributed by atoms with Crippen molar-refractivity contribution in [3.8, 4) is 0 Å². The van der Waals surface area contributed by atoms with Crippen LogP contribution in [0.1, 0.15) is 46.5 Å². The highest BCUT2D eigenvalue weighted by Gasteiger charge is 2.50. The molecule has 2 atom stereocenters. The summed E-state index contributed by atoms with van der Waals surface area (Å²) < 4.78 is 7.12. The summed E-state index contributed by atoms with van der Waals surface area (Å²) in [5, 5.41) is 6.98. The van der Waals surface area contributed by atoms with Crippen molar-refractivity contribution in [1.29, 1.82) is 0 Å². The number of hydrazone groups is 1. The number of benzene rings is 3. The lowest BCUT2D eigenvalue weighted by Crippen LogP contribution is -2.66. The lowest BCUT2D eigenvalue weighted by Gasteiger charge is -2.43. The van der Waals surface area contributed by atoms with Crippen LogP contribution in [0.2, 0.25) is 5.04 Å². The van der Waals surface area contributed by atoms with Gasteiger partial charge in [0.2, 0.25) is 0 Å². The molecule has 1 aliphatic carbocycles. The quantitative estimate of drug-likeness (QED) is 0.185. The van der Waals surface area contributed by atoms with E-state index in [0.717, 1.165) is 18.5 Å². The zero-order valence-corrected chi connectivity index (χ0v) is 23.9.